The SMILES string of the molecule is CCN(C(C)CN(C)C)S(=O)(=O)c1cnccc1NN. The molecule has 0 aliphatic carbocycles. The second kappa shape index (κ2) is 6.98. The van der Waals surface area contributed by atoms with Crippen molar-refractivity contribution in [2.75, 3.05) is 32.6 Å². The second-order valence-corrected chi connectivity index (χ2v) is 6.69. The molecule has 0 radical (unpaired) electrons. The van der Waals surface area contributed by atoms with Gasteiger partial charge in [-0.1, -0.05) is 6.92 Å². The zero-order valence-electron chi connectivity index (χ0n) is 12.4. The topological polar surface area (TPSA) is 91.6 Å². The highest BCUT2D eigenvalue weighted by atomic mass is 32.2. The minimum absolute atomic E-state index is 0.0926. The molecule has 1 heterocycles. The standard InChI is InChI=1S/C12H23N5O2S/c1-5-17(10(2)9-16(3)4)20(18,19)12-8-14-7-6-11(12)15-13/h6-8,10H,5,9,13H2,1-4H3,(H,14,15). The van der Waals surface area contributed by atoms with E-state index in [1.165, 1.54) is 22.8 Å². The Bertz CT molecular complexity index is 532. The monoisotopic (exact) mass is 301 g/mol. The first-order chi connectivity index (χ1) is 9.34. The molecule has 0 saturated heterocycles. The fraction of sp³-hybridized carbons (Fsp3) is 0.583. The van der Waals surface area contributed by atoms with Crippen molar-refractivity contribution in [2.24, 2.45) is 5.84 Å². The van der Waals surface area contributed by atoms with E-state index in [0.717, 1.165) is 0 Å². The number of likely N-dealkylation sites (N-methyl/N-ethyl adjacent to an activating group) is 2. The summed E-state index contributed by atoms with van der Waals surface area (Å²) >= 11 is 0. The first-order valence-corrected chi connectivity index (χ1v) is 7.85. The normalized spacial score (nSPS) is 13.8. The molecule has 20 heavy (non-hydrogen) atoms. The summed E-state index contributed by atoms with van der Waals surface area (Å²) in [5.41, 5.74) is 2.75. The minimum Gasteiger partial charge on any atom is -0.323 e. The van der Waals surface area contributed by atoms with Gasteiger partial charge in [-0.05, 0) is 27.1 Å². The van der Waals surface area contributed by atoms with Gasteiger partial charge in [0, 0.05) is 31.5 Å². The average Bonchev–Trinajstić information content (AvgIpc) is 2.38. The predicted molar refractivity (Wildman–Crippen MR) is 79.6 cm³/mol. The van der Waals surface area contributed by atoms with Gasteiger partial charge in [0.1, 0.15) is 4.90 Å². The van der Waals surface area contributed by atoms with E-state index in [1.807, 2.05) is 32.8 Å². The van der Waals surface area contributed by atoms with Crippen molar-refractivity contribution >= 4 is 15.7 Å². The van der Waals surface area contributed by atoms with Gasteiger partial charge in [-0.3, -0.25) is 10.8 Å². The lowest BCUT2D eigenvalue weighted by molar-refractivity contribution is 0.271. The van der Waals surface area contributed by atoms with Crippen LogP contribution in [-0.2, 0) is 10.0 Å². The van der Waals surface area contributed by atoms with Crippen LogP contribution in [0.4, 0.5) is 5.69 Å². The fourth-order valence-electron chi connectivity index (χ4n) is 2.17. The number of nitrogens with one attached hydrogen (secondary N) is 1. The Morgan fingerprint density at radius 3 is 2.60 bits per heavy atom. The molecular weight excluding hydrogens is 278 g/mol. The predicted octanol–water partition coefficient (Wildman–Crippen LogP) is 0.328. The van der Waals surface area contributed by atoms with Crippen LogP contribution in [0.5, 0.6) is 0 Å². The maximum atomic E-state index is 12.7. The van der Waals surface area contributed by atoms with E-state index < -0.39 is 10.0 Å². The number of hydrogen-bond donors (Lipinski definition) is 2. The Hall–Kier alpha value is -1.22. The summed E-state index contributed by atoms with van der Waals surface area (Å²) in [6.07, 6.45) is 2.81. The number of sulfonamides is 1. The molecule has 3 N–H and O–H groups in total. The Balaban J connectivity index is 3.18. The molecule has 0 amide bonds. The van der Waals surface area contributed by atoms with E-state index in [9.17, 15) is 8.42 Å². The van der Waals surface area contributed by atoms with Gasteiger partial charge in [-0.25, -0.2) is 8.42 Å². The Morgan fingerprint density at radius 2 is 2.10 bits per heavy atom. The van der Waals surface area contributed by atoms with Gasteiger partial charge < -0.3 is 10.3 Å². The number of pyridine rings is 1. The van der Waals surface area contributed by atoms with Crippen LogP contribution in [-0.4, -0.2) is 55.8 Å². The number of nitrogen functional groups attached to an aromatic ring is 1. The number of anilines is 1. The van der Waals surface area contributed by atoms with Crippen LogP contribution >= 0.6 is 0 Å². The lowest BCUT2D eigenvalue weighted by atomic mass is 10.3. The second-order valence-electron chi connectivity index (χ2n) is 4.84. The maximum absolute atomic E-state index is 12.7. The lowest BCUT2D eigenvalue weighted by Gasteiger charge is -2.29. The molecule has 114 valence electrons. The zero-order chi connectivity index (χ0) is 15.3. The minimum atomic E-state index is -3.64. The highest BCUT2D eigenvalue weighted by molar-refractivity contribution is 7.89. The van der Waals surface area contributed by atoms with Gasteiger partial charge in [-0.2, -0.15) is 4.31 Å². The van der Waals surface area contributed by atoms with E-state index in [-0.39, 0.29) is 10.9 Å². The van der Waals surface area contributed by atoms with Crippen LogP contribution in [0.3, 0.4) is 0 Å². The summed E-state index contributed by atoms with van der Waals surface area (Å²) < 4.78 is 26.9. The lowest BCUT2D eigenvalue weighted by Crippen LogP contribution is -2.43. The van der Waals surface area contributed by atoms with Crippen molar-refractivity contribution < 1.29 is 8.42 Å². The van der Waals surface area contributed by atoms with Gasteiger partial charge in [0.2, 0.25) is 10.0 Å². The van der Waals surface area contributed by atoms with Crippen molar-refractivity contribution in [3.63, 3.8) is 0 Å². The molecule has 0 saturated carbocycles. The maximum Gasteiger partial charge on any atom is 0.246 e. The number of hydrazine groups is 1. The number of hydrogen-bond acceptors (Lipinski definition) is 6. The summed E-state index contributed by atoms with van der Waals surface area (Å²) in [5.74, 6) is 5.38. The van der Waals surface area contributed by atoms with E-state index in [2.05, 4.69) is 10.4 Å². The van der Waals surface area contributed by atoms with E-state index in [1.54, 1.807) is 0 Å². The van der Waals surface area contributed by atoms with Crippen LogP contribution in [0.15, 0.2) is 23.4 Å². The van der Waals surface area contributed by atoms with Gasteiger partial charge in [0.05, 0.1) is 5.69 Å². The van der Waals surface area contributed by atoms with Crippen molar-refractivity contribution in [1.82, 2.24) is 14.2 Å². The smallest absolute Gasteiger partial charge is 0.246 e. The average molecular weight is 301 g/mol. The third-order valence-electron chi connectivity index (χ3n) is 2.96. The first-order valence-electron chi connectivity index (χ1n) is 6.41. The van der Waals surface area contributed by atoms with Crippen LogP contribution in [0.2, 0.25) is 0 Å². The zero-order valence-corrected chi connectivity index (χ0v) is 13.2. The van der Waals surface area contributed by atoms with Crippen LogP contribution < -0.4 is 11.3 Å². The highest BCUT2D eigenvalue weighted by Gasteiger charge is 2.30. The number of nitrogens with zero attached hydrogens (tertiary/aromatic N) is 3. The molecule has 0 spiro atoms. The van der Waals surface area contributed by atoms with Crippen LogP contribution in [0.1, 0.15) is 13.8 Å². The molecule has 0 aromatic carbocycles. The first kappa shape index (κ1) is 16.8. The van der Waals surface area contributed by atoms with Crippen molar-refractivity contribution in [3.05, 3.63) is 18.5 Å². The molecule has 1 aromatic heterocycles. The quantitative estimate of drug-likeness (QED) is 0.557. The molecule has 0 aliphatic heterocycles. The molecule has 0 fully saturated rings. The van der Waals surface area contributed by atoms with Crippen molar-refractivity contribution in [1.29, 1.82) is 0 Å². The molecule has 0 aliphatic rings. The third-order valence-corrected chi connectivity index (χ3v) is 5.08. The molecule has 0 bridgehead atoms. The molecule has 8 heteroatoms. The molecular formula is C12H23N5O2S. The van der Waals surface area contributed by atoms with Gasteiger partial charge in [0.25, 0.3) is 0 Å². The molecule has 1 rings (SSSR count). The number of rotatable bonds is 7. The highest BCUT2D eigenvalue weighted by Crippen LogP contribution is 2.24. The van der Waals surface area contributed by atoms with E-state index >= 15 is 0 Å². The summed E-state index contributed by atoms with van der Waals surface area (Å²) in [6.45, 7) is 4.72. The fourth-order valence-corrected chi connectivity index (χ4v) is 3.90. The summed E-state index contributed by atoms with van der Waals surface area (Å²) in [4.78, 5) is 5.93. The molecule has 1 atom stereocenters. The summed E-state index contributed by atoms with van der Waals surface area (Å²) in [6, 6.07) is 1.39. The van der Waals surface area contributed by atoms with Gasteiger partial charge in [0.15, 0.2) is 0 Å². The van der Waals surface area contributed by atoms with E-state index in [0.29, 0.717) is 18.8 Å². The summed E-state index contributed by atoms with van der Waals surface area (Å²) in [7, 11) is 0.184. The van der Waals surface area contributed by atoms with Crippen LogP contribution in [0, 0.1) is 0 Å². The number of aromatic nitrogens is 1. The molecule has 7 nitrogen and oxygen atoms in total. The van der Waals surface area contributed by atoms with Gasteiger partial charge in [-0.15, -0.1) is 0 Å². The van der Waals surface area contributed by atoms with Crippen molar-refractivity contribution in [2.45, 2.75) is 24.8 Å². The summed E-state index contributed by atoms with van der Waals surface area (Å²) in [5, 5.41) is 0. The molecule has 1 aromatic rings. The van der Waals surface area contributed by atoms with Crippen molar-refractivity contribution in [3.8, 4) is 0 Å². The van der Waals surface area contributed by atoms with Gasteiger partial charge >= 0.3 is 0 Å². The molecule has 1 unspecified atom stereocenters. The Morgan fingerprint density at radius 1 is 1.45 bits per heavy atom. The van der Waals surface area contributed by atoms with Crippen LogP contribution in [0.25, 0.3) is 0 Å². The Labute approximate surface area is 120 Å². The number of nitrogens with two attached hydrogens (primary N) is 1. The van der Waals surface area contributed by atoms with E-state index in [4.69, 9.17) is 5.84 Å². The largest absolute Gasteiger partial charge is 0.323 e. The Kier molecular flexibility index (Phi) is 5.88. The third kappa shape index (κ3) is 3.66.